The maximum absolute atomic E-state index is 9.90. The Hall–Kier alpha value is -0.710. The molecule has 1 unspecified atom stereocenters. The first kappa shape index (κ1) is 21.6. The third-order valence-electron chi connectivity index (χ3n) is 4.32. The summed E-state index contributed by atoms with van der Waals surface area (Å²) in [5.41, 5.74) is 0. The van der Waals surface area contributed by atoms with Crippen LogP contribution in [-0.2, 0) is 9.47 Å². The standard InChI is InChI=1S/C13H24N2O10S/c16-2-4-6(18)7(19)9(21)11(24-4)15-13(26)14-1-3-5(17)8(20)10(22)12(23)25-3/h3-12,16-23H,1-2H2,(H2,14,15,26)/t3-,4-,5-,6-,7+,8+,9-,10-,11-,12?/m1/s1. The number of aliphatic hydroxyl groups is 8. The quantitative estimate of drug-likeness (QED) is 0.200. The van der Waals surface area contributed by atoms with Crippen LogP contribution < -0.4 is 10.6 Å². The van der Waals surface area contributed by atoms with E-state index in [-0.39, 0.29) is 11.7 Å². The summed E-state index contributed by atoms with van der Waals surface area (Å²) in [6.07, 6.45) is -14.5. The first-order valence-electron chi connectivity index (χ1n) is 7.90. The van der Waals surface area contributed by atoms with E-state index >= 15 is 0 Å². The zero-order valence-corrected chi connectivity index (χ0v) is 14.3. The second-order valence-electron chi connectivity index (χ2n) is 6.14. The van der Waals surface area contributed by atoms with Gasteiger partial charge >= 0.3 is 0 Å². The Morgan fingerprint density at radius 2 is 1.35 bits per heavy atom. The fourth-order valence-corrected chi connectivity index (χ4v) is 2.89. The van der Waals surface area contributed by atoms with Gasteiger partial charge in [0.05, 0.1) is 6.61 Å². The van der Waals surface area contributed by atoms with Crippen molar-refractivity contribution in [1.29, 1.82) is 0 Å². The van der Waals surface area contributed by atoms with Gasteiger partial charge < -0.3 is 61.0 Å². The van der Waals surface area contributed by atoms with Crippen LogP contribution in [0.4, 0.5) is 0 Å². The van der Waals surface area contributed by atoms with Crippen molar-refractivity contribution in [2.45, 2.75) is 61.3 Å². The lowest BCUT2D eigenvalue weighted by Gasteiger charge is -2.41. The molecule has 0 spiro atoms. The predicted molar refractivity (Wildman–Crippen MR) is 86.4 cm³/mol. The van der Waals surface area contributed by atoms with Crippen LogP contribution in [0.25, 0.3) is 0 Å². The van der Waals surface area contributed by atoms with E-state index in [0.717, 1.165) is 0 Å². The molecule has 2 fully saturated rings. The fourth-order valence-electron chi connectivity index (χ4n) is 2.69. The van der Waals surface area contributed by atoms with Crippen molar-refractivity contribution < 1.29 is 50.3 Å². The van der Waals surface area contributed by atoms with E-state index < -0.39 is 68.0 Å². The van der Waals surface area contributed by atoms with Crippen molar-refractivity contribution >= 4 is 17.3 Å². The maximum Gasteiger partial charge on any atom is 0.184 e. The SMILES string of the molecule is OC[C@H]1O[C@@H](NC(=S)NC[C@H]2OC(O)[C@H](O)[C@@H](O)[C@@H]2O)[C@H](O)[C@@H](O)[C@@H]1O. The van der Waals surface area contributed by atoms with Crippen LogP contribution in [0.5, 0.6) is 0 Å². The van der Waals surface area contributed by atoms with Crippen molar-refractivity contribution in [1.82, 2.24) is 10.6 Å². The van der Waals surface area contributed by atoms with Crippen molar-refractivity contribution in [3.63, 3.8) is 0 Å². The molecule has 2 saturated heterocycles. The van der Waals surface area contributed by atoms with Crippen LogP contribution in [0.1, 0.15) is 0 Å². The molecule has 13 heteroatoms. The number of nitrogens with one attached hydrogen (secondary N) is 2. The number of thiocarbonyl (C=S) groups is 1. The van der Waals surface area contributed by atoms with Gasteiger partial charge in [-0.1, -0.05) is 0 Å². The number of rotatable bonds is 4. The van der Waals surface area contributed by atoms with Crippen molar-refractivity contribution in [3.05, 3.63) is 0 Å². The van der Waals surface area contributed by atoms with Gasteiger partial charge in [0.1, 0.15) is 48.8 Å². The molecule has 10 N–H and O–H groups in total. The monoisotopic (exact) mass is 400 g/mol. The zero-order valence-electron chi connectivity index (χ0n) is 13.5. The molecule has 0 radical (unpaired) electrons. The Bertz CT molecular complexity index is 486. The van der Waals surface area contributed by atoms with Crippen LogP contribution in [0, 0.1) is 0 Å². The number of aliphatic hydroxyl groups excluding tert-OH is 8. The number of hydrogen-bond acceptors (Lipinski definition) is 11. The van der Waals surface area contributed by atoms with Gasteiger partial charge in [0, 0.05) is 6.54 Å². The Kier molecular flexibility index (Phi) is 7.46. The van der Waals surface area contributed by atoms with Gasteiger partial charge in [0.25, 0.3) is 0 Å². The smallest absolute Gasteiger partial charge is 0.184 e. The summed E-state index contributed by atoms with van der Waals surface area (Å²) in [5, 5.41) is 81.8. The maximum atomic E-state index is 9.90. The summed E-state index contributed by atoms with van der Waals surface area (Å²) in [6.45, 7) is -0.769. The minimum absolute atomic E-state index is 0.0970. The van der Waals surface area contributed by atoms with Gasteiger partial charge in [0.15, 0.2) is 17.6 Å². The molecule has 2 aliphatic heterocycles. The second-order valence-corrected chi connectivity index (χ2v) is 6.55. The zero-order chi connectivity index (χ0) is 19.6. The third-order valence-corrected chi connectivity index (χ3v) is 4.58. The average molecular weight is 400 g/mol. The Balaban J connectivity index is 1.86. The largest absolute Gasteiger partial charge is 0.394 e. The first-order chi connectivity index (χ1) is 12.2. The van der Waals surface area contributed by atoms with Gasteiger partial charge in [-0.15, -0.1) is 0 Å². The lowest BCUT2D eigenvalue weighted by molar-refractivity contribution is -0.279. The van der Waals surface area contributed by atoms with Crippen molar-refractivity contribution in [2.75, 3.05) is 13.2 Å². The van der Waals surface area contributed by atoms with Gasteiger partial charge in [-0.05, 0) is 12.2 Å². The van der Waals surface area contributed by atoms with Crippen molar-refractivity contribution in [3.8, 4) is 0 Å². The van der Waals surface area contributed by atoms with E-state index in [1.54, 1.807) is 0 Å². The highest BCUT2D eigenvalue weighted by molar-refractivity contribution is 7.80. The van der Waals surface area contributed by atoms with E-state index in [4.69, 9.17) is 26.8 Å². The Morgan fingerprint density at radius 3 is 1.96 bits per heavy atom. The molecule has 10 atom stereocenters. The normalized spacial score (nSPS) is 46.6. The summed E-state index contributed by atoms with van der Waals surface area (Å²) < 4.78 is 10.2. The van der Waals surface area contributed by atoms with Gasteiger partial charge in [0.2, 0.25) is 0 Å². The van der Waals surface area contributed by atoms with Gasteiger partial charge in [-0.2, -0.15) is 0 Å². The Labute approximate surface area is 153 Å². The summed E-state index contributed by atoms with van der Waals surface area (Å²) in [4.78, 5) is 0. The molecule has 0 aromatic heterocycles. The third kappa shape index (κ3) is 4.58. The van der Waals surface area contributed by atoms with Crippen LogP contribution in [-0.4, -0.2) is 120 Å². The van der Waals surface area contributed by atoms with E-state index in [1.807, 2.05) is 0 Å². The molecule has 0 saturated carbocycles. The minimum atomic E-state index is -1.69. The fraction of sp³-hybridized carbons (Fsp3) is 0.923. The lowest BCUT2D eigenvalue weighted by atomic mass is 9.98. The number of hydrogen-bond donors (Lipinski definition) is 10. The molecule has 152 valence electrons. The number of ether oxygens (including phenoxy) is 2. The van der Waals surface area contributed by atoms with E-state index in [9.17, 15) is 35.7 Å². The van der Waals surface area contributed by atoms with Crippen LogP contribution in [0.3, 0.4) is 0 Å². The predicted octanol–water partition coefficient (Wildman–Crippen LogP) is -5.95. The molecule has 0 aliphatic carbocycles. The molecule has 0 aromatic carbocycles. The minimum Gasteiger partial charge on any atom is -0.394 e. The van der Waals surface area contributed by atoms with E-state index in [0.29, 0.717) is 0 Å². The second kappa shape index (κ2) is 8.99. The molecule has 2 rings (SSSR count). The highest BCUT2D eigenvalue weighted by atomic mass is 32.1. The van der Waals surface area contributed by atoms with E-state index in [1.165, 1.54) is 0 Å². The molecular weight excluding hydrogens is 376 g/mol. The van der Waals surface area contributed by atoms with Crippen LogP contribution in [0.15, 0.2) is 0 Å². The first-order valence-corrected chi connectivity index (χ1v) is 8.30. The molecule has 2 heterocycles. The molecule has 26 heavy (non-hydrogen) atoms. The van der Waals surface area contributed by atoms with Gasteiger partial charge in [-0.3, -0.25) is 0 Å². The van der Waals surface area contributed by atoms with Crippen LogP contribution >= 0.6 is 12.2 Å². The van der Waals surface area contributed by atoms with Crippen molar-refractivity contribution in [2.24, 2.45) is 0 Å². The Morgan fingerprint density at radius 1 is 0.769 bits per heavy atom. The topological polar surface area (TPSA) is 204 Å². The van der Waals surface area contributed by atoms with Gasteiger partial charge in [-0.25, -0.2) is 0 Å². The molecule has 0 aromatic rings. The summed E-state index contributed by atoms with van der Waals surface area (Å²) in [5.74, 6) is 0. The lowest BCUT2D eigenvalue weighted by Crippen LogP contribution is -2.64. The molecule has 12 nitrogen and oxygen atoms in total. The summed E-state index contributed by atoms with van der Waals surface area (Å²) in [7, 11) is 0. The van der Waals surface area contributed by atoms with E-state index in [2.05, 4.69) is 10.6 Å². The summed E-state index contributed by atoms with van der Waals surface area (Å²) >= 11 is 4.99. The molecule has 0 amide bonds. The molecular formula is C13H24N2O10S. The molecule has 2 aliphatic rings. The highest BCUT2D eigenvalue weighted by Gasteiger charge is 2.44. The highest BCUT2D eigenvalue weighted by Crippen LogP contribution is 2.20. The van der Waals surface area contributed by atoms with Crippen LogP contribution in [0.2, 0.25) is 0 Å². The average Bonchev–Trinajstić information content (AvgIpc) is 2.62. The summed E-state index contributed by atoms with van der Waals surface area (Å²) in [6, 6.07) is 0. The molecule has 0 bridgehead atoms.